The Morgan fingerprint density at radius 3 is 2.50 bits per heavy atom. The molecule has 1 atom stereocenters. The van der Waals surface area contributed by atoms with Crippen LogP contribution in [0.2, 0.25) is 0 Å². The molecule has 1 aromatic carbocycles. The molecule has 0 bridgehead atoms. The van der Waals surface area contributed by atoms with Gasteiger partial charge >= 0.3 is 5.97 Å². The van der Waals surface area contributed by atoms with Crippen molar-refractivity contribution in [2.75, 3.05) is 12.3 Å². The molecule has 0 fully saturated rings. The highest BCUT2D eigenvalue weighted by Crippen LogP contribution is 2.08. The lowest BCUT2D eigenvalue weighted by Gasteiger charge is -2.12. The van der Waals surface area contributed by atoms with E-state index in [1.54, 1.807) is 12.1 Å². The molecule has 0 spiro atoms. The molecule has 1 rings (SSSR count). The Morgan fingerprint density at radius 2 is 1.95 bits per heavy atom. The molecule has 1 amide bonds. The second-order valence-corrected chi connectivity index (χ2v) is 4.87. The normalized spacial score (nSPS) is 11.8. The maximum Gasteiger partial charge on any atom is 0.308 e. The first kappa shape index (κ1) is 16.0. The van der Waals surface area contributed by atoms with Gasteiger partial charge in [-0.3, -0.25) is 9.59 Å². The number of aryl methyl sites for hydroxylation is 1. The van der Waals surface area contributed by atoms with Gasteiger partial charge in [-0.15, -0.1) is 0 Å². The van der Waals surface area contributed by atoms with Gasteiger partial charge in [-0.05, 0) is 30.5 Å². The lowest BCUT2D eigenvalue weighted by Crippen LogP contribution is -2.33. The summed E-state index contributed by atoms with van der Waals surface area (Å²) >= 11 is 0. The number of benzene rings is 1. The molecule has 110 valence electrons. The minimum atomic E-state index is -0.856. The summed E-state index contributed by atoms with van der Waals surface area (Å²) in [4.78, 5) is 22.6. The van der Waals surface area contributed by atoms with E-state index in [9.17, 15) is 9.59 Å². The standard InChI is InChI=1S/C15H22N2O3/c1-2-3-12(15(19)20)10-17-14(18)9-6-11-4-7-13(16)8-5-11/h4-5,7-8,12H,2-3,6,9-10,16H2,1H3,(H,17,18)(H,19,20). The van der Waals surface area contributed by atoms with E-state index >= 15 is 0 Å². The number of carboxylic acid groups (broad SMARTS) is 1. The molecule has 0 heterocycles. The average Bonchev–Trinajstić information content (AvgIpc) is 2.42. The highest BCUT2D eigenvalue weighted by molar-refractivity contribution is 5.77. The quantitative estimate of drug-likeness (QED) is 0.632. The molecular formula is C15H22N2O3. The van der Waals surface area contributed by atoms with Crippen molar-refractivity contribution < 1.29 is 14.7 Å². The molecule has 20 heavy (non-hydrogen) atoms. The molecule has 1 aromatic rings. The Hall–Kier alpha value is -2.04. The molecule has 0 aliphatic carbocycles. The summed E-state index contributed by atoms with van der Waals surface area (Å²) in [5, 5.41) is 11.7. The molecule has 4 N–H and O–H groups in total. The fourth-order valence-corrected chi connectivity index (χ4v) is 1.93. The van der Waals surface area contributed by atoms with Crippen LogP contribution in [0.1, 0.15) is 31.7 Å². The number of nitrogens with two attached hydrogens (primary N) is 1. The number of nitrogen functional groups attached to an aromatic ring is 1. The third-order valence-corrected chi connectivity index (χ3v) is 3.15. The number of anilines is 1. The van der Waals surface area contributed by atoms with Crippen LogP contribution in [0.5, 0.6) is 0 Å². The lowest BCUT2D eigenvalue weighted by atomic mass is 10.0. The predicted octanol–water partition coefficient (Wildman–Crippen LogP) is 1.82. The summed E-state index contributed by atoms with van der Waals surface area (Å²) in [6, 6.07) is 7.38. The number of hydrogen-bond acceptors (Lipinski definition) is 3. The number of hydrogen-bond donors (Lipinski definition) is 3. The smallest absolute Gasteiger partial charge is 0.308 e. The van der Waals surface area contributed by atoms with E-state index in [-0.39, 0.29) is 12.5 Å². The van der Waals surface area contributed by atoms with Gasteiger partial charge in [0, 0.05) is 18.7 Å². The molecule has 0 saturated heterocycles. The summed E-state index contributed by atoms with van der Waals surface area (Å²) in [7, 11) is 0. The van der Waals surface area contributed by atoms with Gasteiger partial charge in [-0.25, -0.2) is 0 Å². The number of amides is 1. The molecule has 0 aliphatic heterocycles. The van der Waals surface area contributed by atoms with Gasteiger partial charge in [0.25, 0.3) is 0 Å². The molecule has 5 heteroatoms. The van der Waals surface area contributed by atoms with Crippen LogP contribution in [0, 0.1) is 5.92 Å². The summed E-state index contributed by atoms with van der Waals surface area (Å²) in [5.41, 5.74) is 7.32. The Balaban J connectivity index is 2.32. The topological polar surface area (TPSA) is 92.4 Å². The van der Waals surface area contributed by atoms with Crippen LogP contribution in [0.3, 0.4) is 0 Å². The van der Waals surface area contributed by atoms with Crippen molar-refractivity contribution in [3.63, 3.8) is 0 Å². The third-order valence-electron chi connectivity index (χ3n) is 3.15. The first-order valence-corrected chi connectivity index (χ1v) is 6.86. The van der Waals surface area contributed by atoms with Crippen molar-refractivity contribution >= 4 is 17.6 Å². The second kappa shape index (κ2) is 8.19. The first-order valence-electron chi connectivity index (χ1n) is 6.86. The minimum absolute atomic E-state index is 0.121. The van der Waals surface area contributed by atoms with Crippen LogP contribution in [-0.4, -0.2) is 23.5 Å². The van der Waals surface area contributed by atoms with Crippen LogP contribution in [0.15, 0.2) is 24.3 Å². The van der Waals surface area contributed by atoms with Gasteiger partial charge < -0.3 is 16.2 Å². The monoisotopic (exact) mass is 278 g/mol. The van der Waals surface area contributed by atoms with E-state index in [0.717, 1.165) is 12.0 Å². The number of carbonyl (C=O) groups is 2. The fourth-order valence-electron chi connectivity index (χ4n) is 1.93. The van der Waals surface area contributed by atoms with E-state index in [1.165, 1.54) is 0 Å². The Labute approximate surface area is 119 Å². The van der Waals surface area contributed by atoms with Crippen molar-refractivity contribution in [1.82, 2.24) is 5.32 Å². The third kappa shape index (κ3) is 5.73. The second-order valence-electron chi connectivity index (χ2n) is 4.87. The van der Waals surface area contributed by atoms with Gasteiger partial charge in [0.15, 0.2) is 0 Å². The van der Waals surface area contributed by atoms with Crippen molar-refractivity contribution in [1.29, 1.82) is 0 Å². The number of aliphatic carboxylic acids is 1. The number of carbonyl (C=O) groups excluding carboxylic acids is 1. The highest BCUT2D eigenvalue weighted by atomic mass is 16.4. The van der Waals surface area contributed by atoms with Crippen molar-refractivity contribution in [2.24, 2.45) is 5.92 Å². The Morgan fingerprint density at radius 1 is 1.30 bits per heavy atom. The minimum Gasteiger partial charge on any atom is -0.481 e. The van der Waals surface area contributed by atoms with E-state index < -0.39 is 11.9 Å². The van der Waals surface area contributed by atoms with Crippen LogP contribution in [0.4, 0.5) is 5.69 Å². The summed E-state index contributed by atoms with van der Waals surface area (Å²) in [6.07, 6.45) is 2.34. The number of nitrogens with one attached hydrogen (secondary N) is 1. The molecule has 5 nitrogen and oxygen atoms in total. The highest BCUT2D eigenvalue weighted by Gasteiger charge is 2.16. The van der Waals surface area contributed by atoms with E-state index in [4.69, 9.17) is 10.8 Å². The summed E-state index contributed by atoms with van der Waals surface area (Å²) < 4.78 is 0. The van der Waals surface area contributed by atoms with E-state index in [2.05, 4.69) is 5.32 Å². The van der Waals surface area contributed by atoms with Gasteiger partial charge in [-0.2, -0.15) is 0 Å². The van der Waals surface area contributed by atoms with Crippen LogP contribution >= 0.6 is 0 Å². The molecule has 0 radical (unpaired) electrons. The maximum atomic E-state index is 11.7. The maximum absolute atomic E-state index is 11.7. The van der Waals surface area contributed by atoms with Crippen molar-refractivity contribution in [2.45, 2.75) is 32.6 Å². The average molecular weight is 278 g/mol. The summed E-state index contributed by atoms with van der Waals surface area (Å²) in [5.74, 6) is -1.48. The summed E-state index contributed by atoms with van der Waals surface area (Å²) in [6.45, 7) is 2.13. The van der Waals surface area contributed by atoms with Crippen molar-refractivity contribution in [3.05, 3.63) is 29.8 Å². The van der Waals surface area contributed by atoms with Gasteiger partial charge in [0.05, 0.1) is 5.92 Å². The fraction of sp³-hybridized carbons (Fsp3) is 0.467. The zero-order chi connectivity index (χ0) is 15.0. The molecular weight excluding hydrogens is 256 g/mol. The molecule has 1 unspecified atom stereocenters. The van der Waals surface area contributed by atoms with Crippen LogP contribution in [-0.2, 0) is 16.0 Å². The van der Waals surface area contributed by atoms with Gasteiger partial charge in [0.2, 0.25) is 5.91 Å². The van der Waals surface area contributed by atoms with E-state index in [0.29, 0.717) is 24.9 Å². The Kier molecular flexibility index (Phi) is 6.56. The predicted molar refractivity (Wildman–Crippen MR) is 78.2 cm³/mol. The largest absolute Gasteiger partial charge is 0.481 e. The first-order chi connectivity index (χ1) is 9.52. The molecule has 0 aromatic heterocycles. The Bertz CT molecular complexity index is 443. The molecule has 0 aliphatic rings. The van der Waals surface area contributed by atoms with Crippen molar-refractivity contribution in [3.8, 4) is 0 Å². The van der Waals surface area contributed by atoms with Gasteiger partial charge in [0.1, 0.15) is 0 Å². The lowest BCUT2D eigenvalue weighted by molar-refractivity contribution is -0.141. The molecule has 0 saturated carbocycles. The zero-order valence-electron chi connectivity index (χ0n) is 11.8. The number of carboxylic acids is 1. The SMILES string of the molecule is CCCC(CNC(=O)CCc1ccc(N)cc1)C(=O)O. The zero-order valence-corrected chi connectivity index (χ0v) is 11.8. The van der Waals surface area contributed by atoms with Crippen LogP contribution < -0.4 is 11.1 Å². The van der Waals surface area contributed by atoms with Crippen LogP contribution in [0.25, 0.3) is 0 Å². The van der Waals surface area contributed by atoms with E-state index in [1.807, 2.05) is 19.1 Å². The number of rotatable bonds is 8. The van der Waals surface area contributed by atoms with Gasteiger partial charge in [-0.1, -0.05) is 25.5 Å².